The molecule has 10 rings (SSSR count). The number of epoxide rings is 1. The highest BCUT2D eigenvalue weighted by Gasteiger charge is 2.89. The van der Waals surface area contributed by atoms with Crippen LogP contribution in [0.25, 0.3) is 0 Å². The molecule has 4 aliphatic heterocycles. The third-order valence-corrected chi connectivity index (χ3v) is 12.7. The molecule has 11 nitrogen and oxygen atoms in total. The first-order valence-corrected chi connectivity index (χ1v) is 18.4. The van der Waals surface area contributed by atoms with Gasteiger partial charge in [0.25, 0.3) is 0 Å². The van der Waals surface area contributed by atoms with E-state index >= 15 is 0 Å². The van der Waals surface area contributed by atoms with Crippen LogP contribution in [0, 0.1) is 11.8 Å². The van der Waals surface area contributed by atoms with Gasteiger partial charge in [-0.2, -0.15) is 0 Å². The summed E-state index contributed by atoms with van der Waals surface area (Å²) in [6.45, 7) is 7.28. The number of aliphatic hydroxyl groups is 3. The summed E-state index contributed by atoms with van der Waals surface area (Å²) in [5.74, 6) is -5.20. The topological polar surface area (TPSA) is 154 Å². The van der Waals surface area contributed by atoms with Gasteiger partial charge in [-0.15, -0.1) is 0 Å². The van der Waals surface area contributed by atoms with E-state index in [2.05, 4.69) is 6.58 Å². The van der Waals surface area contributed by atoms with Gasteiger partial charge in [-0.1, -0.05) is 103 Å². The van der Waals surface area contributed by atoms with Crippen molar-refractivity contribution in [3.05, 3.63) is 142 Å². The van der Waals surface area contributed by atoms with E-state index < -0.39 is 89.3 Å². The van der Waals surface area contributed by atoms with Gasteiger partial charge in [-0.05, 0) is 42.8 Å². The van der Waals surface area contributed by atoms with E-state index in [0.717, 1.165) is 0 Å². The Balaban J connectivity index is 1.27. The molecule has 12 atom stereocenters. The van der Waals surface area contributed by atoms with Crippen LogP contribution in [0.2, 0.25) is 0 Å². The van der Waals surface area contributed by atoms with E-state index in [1.165, 1.54) is 6.08 Å². The maximum absolute atomic E-state index is 14.1. The smallest absolute Gasteiger partial charge is 0.339 e. The summed E-state index contributed by atoms with van der Waals surface area (Å²) in [7, 11) is 0. The zero-order valence-corrected chi connectivity index (χ0v) is 30.6. The van der Waals surface area contributed by atoms with Crippen LogP contribution in [0.1, 0.15) is 40.1 Å². The second kappa shape index (κ2) is 12.1. The van der Waals surface area contributed by atoms with Gasteiger partial charge in [0.2, 0.25) is 0 Å². The molecule has 4 heterocycles. The lowest BCUT2D eigenvalue weighted by Gasteiger charge is -2.72. The average Bonchev–Trinajstić information content (AvgIpc) is 3.84. The van der Waals surface area contributed by atoms with Crippen molar-refractivity contribution in [2.75, 3.05) is 6.61 Å². The van der Waals surface area contributed by atoms with Crippen molar-refractivity contribution >= 4 is 35.1 Å². The molecule has 0 amide bonds. The Labute approximate surface area is 320 Å². The molecule has 4 bridgehead atoms. The quantitative estimate of drug-likeness (QED) is 0.171. The number of fused-ring (bicyclic) bond motifs is 2. The molecule has 2 saturated carbocycles. The average molecular weight is 776 g/mol. The first-order valence-electron chi connectivity index (χ1n) is 17.6. The van der Waals surface area contributed by atoms with E-state index in [0.29, 0.717) is 11.1 Å². The normalized spacial score (nSPS) is 40.8. The summed E-state index contributed by atoms with van der Waals surface area (Å²) in [6.07, 6.45) is -5.70. The minimum atomic E-state index is -2.56. The monoisotopic (exact) mass is 774 g/mol. The van der Waals surface area contributed by atoms with E-state index in [4.69, 9.17) is 51.6 Å². The summed E-state index contributed by atoms with van der Waals surface area (Å²) < 4.78 is 39.4. The van der Waals surface area contributed by atoms with E-state index in [1.54, 1.807) is 98.8 Å². The summed E-state index contributed by atoms with van der Waals surface area (Å²) in [4.78, 5) is 27.4. The van der Waals surface area contributed by atoms with E-state index in [9.17, 15) is 24.9 Å². The van der Waals surface area contributed by atoms with Gasteiger partial charge in [0, 0.05) is 22.6 Å². The van der Waals surface area contributed by atoms with Gasteiger partial charge >= 0.3 is 17.9 Å². The predicted octanol–water partition coefficient (Wildman–Crippen LogP) is 4.88. The van der Waals surface area contributed by atoms with Crippen molar-refractivity contribution in [1.29, 1.82) is 0 Å². The summed E-state index contributed by atoms with van der Waals surface area (Å²) >= 11 is 12.7. The van der Waals surface area contributed by atoms with Crippen molar-refractivity contribution < 1.29 is 53.3 Å². The molecule has 0 aromatic heterocycles. The van der Waals surface area contributed by atoms with Gasteiger partial charge in [-0.3, -0.25) is 0 Å². The molecular weight excluding hydrogens is 739 g/mol. The van der Waals surface area contributed by atoms with Crippen LogP contribution in [0.15, 0.2) is 125 Å². The van der Waals surface area contributed by atoms with Crippen LogP contribution in [-0.4, -0.2) is 86.8 Å². The number of rotatable bonds is 7. The second-order valence-electron chi connectivity index (χ2n) is 14.9. The highest BCUT2D eigenvalue weighted by Crippen LogP contribution is 2.74. The first-order chi connectivity index (χ1) is 25.8. The number of aliphatic hydroxyl groups excluding tert-OH is 2. The fraction of sp³-hybridized carbons (Fsp3) is 0.366. The molecule has 0 radical (unpaired) electrons. The Morgan fingerprint density at radius 3 is 2.00 bits per heavy atom. The highest BCUT2D eigenvalue weighted by molar-refractivity contribution is 6.56. The van der Waals surface area contributed by atoms with Gasteiger partial charge in [0.15, 0.2) is 11.2 Å². The standard InChI is InChI=1S/C41H36Cl2O11/c1-21(2)39(53-35(46)24-15-9-5-10-16-24)30-22(3)40-27-19-26(33(42)43)29(44)38(27,48)36(47)37(20-49-34(45)23-13-7-4-8-14-23)31(50-37)28(40)32(39)52-41(51-30,54-40)25-17-11-6-12-18-25/h4-19,22,28-32,36,44,47-48H,1,20H2,2-3H3. The minimum Gasteiger partial charge on any atom is -0.459 e. The number of halogens is 2. The number of hydrogen-bond donors (Lipinski definition) is 3. The molecule has 3 N–H and O–H groups in total. The molecular formula is C41H36Cl2O11. The molecule has 6 fully saturated rings. The molecule has 1 spiro atoms. The number of carbonyl (C=O) groups is 2. The van der Waals surface area contributed by atoms with Crippen LogP contribution >= 0.6 is 23.2 Å². The summed E-state index contributed by atoms with van der Waals surface area (Å²) in [5, 5.41) is 37.3. The largest absolute Gasteiger partial charge is 0.459 e. The Morgan fingerprint density at radius 1 is 0.833 bits per heavy atom. The van der Waals surface area contributed by atoms with E-state index in [1.807, 2.05) is 6.07 Å². The summed E-state index contributed by atoms with van der Waals surface area (Å²) in [6, 6.07) is 25.6. The predicted molar refractivity (Wildman–Crippen MR) is 192 cm³/mol. The van der Waals surface area contributed by atoms with E-state index in [-0.39, 0.29) is 26.8 Å². The Morgan fingerprint density at radius 2 is 1.41 bits per heavy atom. The maximum atomic E-state index is 14.1. The maximum Gasteiger partial charge on any atom is 0.339 e. The van der Waals surface area contributed by atoms with Crippen molar-refractivity contribution in [1.82, 2.24) is 0 Å². The van der Waals surface area contributed by atoms with Crippen LogP contribution in [0.5, 0.6) is 0 Å². The lowest BCUT2D eigenvalue weighted by molar-refractivity contribution is -0.570. The fourth-order valence-electron chi connectivity index (χ4n) is 9.69. The van der Waals surface area contributed by atoms with Crippen LogP contribution in [-0.2, 0) is 34.4 Å². The summed E-state index contributed by atoms with van der Waals surface area (Å²) in [5.41, 5.74) is -6.46. The Bertz CT molecular complexity index is 2130. The fourth-order valence-corrected chi connectivity index (χ4v) is 10.0. The van der Waals surface area contributed by atoms with Crippen molar-refractivity contribution in [2.45, 2.75) is 72.7 Å². The third-order valence-electron chi connectivity index (χ3n) is 12.2. The second-order valence-corrected chi connectivity index (χ2v) is 15.8. The van der Waals surface area contributed by atoms with Crippen LogP contribution < -0.4 is 0 Å². The van der Waals surface area contributed by atoms with Gasteiger partial charge < -0.3 is 43.7 Å². The van der Waals surface area contributed by atoms with Crippen LogP contribution in [0.4, 0.5) is 0 Å². The molecule has 3 aromatic rings. The number of esters is 2. The SMILES string of the molecule is C=C(C)C1(OC(=O)c2ccccc2)C2OC3(c4ccccc4)OC1C1C4OC4(COC(=O)c4ccccc4)C(O)C4(O)C(=CC(=C(Cl)Cl)C4O)C1(O3)C2C. The van der Waals surface area contributed by atoms with Gasteiger partial charge in [0.1, 0.15) is 52.8 Å². The van der Waals surface area contributed by atoms with Crippen LogP contribution in [0.3, 0.4) is 0 Å². The number of carbonyl (C=O) groups excluding carboxylic acids is 2. The molecule has 3 aromatic carbocycles. The number of benzene rings is 3. The highest BCUT2D eigenvalue weighted by atomic mass is 35.5. The molecule has 280 valence electrons. The molecule has 54 heavy (non-hydrogen) atoms. The lowest BCUT2D eigenvalue weighted by atomic mass is 9.53. The van der Waals surface area contributed by atoms with Crippen molar-refractivity contribution in [3.63, 3.8) is 0 Å². The first kappa shape index (κ1) is 35.8. The molecule has 13 heteroatoms. The zero-order valence-electron chi connectivity index (χ0n) is 29.1. The number of hydrogen-bond acceptors (Lipinski definition) is 11. The zero-order chi connectivity index (χ0) is 38.0. The molecule has 7 aliphatic rings. The van der Waals surface area contributed by atoms with Gasteiger partial charge in [0.05, 0.1) is 17.0 Å². The van der Waals surface area contributed by atoms with Crippen molar-refractivity contribution in [3.8, 4) is 0 Å². The Kier molecular flexibility index (Phi) is 7.99. The Hall–Kier alpha value is -3.88. The third kappa shape index (κ3) is 4.50. The van der Waals surface area contributed by atoms with Gasteiger partial charge in [-0.25, -0.2) is 9.59 Å². The molecule has 3 aliphatic carbocycles. The lowest BCUT2D eigenvalue weighted by Crippen LogP contribution is -2.85. The molecule has 12 unspecified atom stereocenters. The van der Waals surface area contributed by atoms with Crippen molar-refractivity contribution in [2.24, 2.45) is 11.8 Å². The minimum absolute atomic E-state index is 0.0393. The molecule has 4 saturated heterocycles. The number of ether oxygens (including phenoxy) is 6.